The Morgan fingerprint density at radius 2 is 1.77 bits per heavy atom. The van der Waals surface area contributed by atoms with Gasteiger partial charge in [0.2, 0.25) is 0 Å². The third-order valence-electron chi connectivity index (χ3n) is 7.08. The van der Waals surface area contributed by atoms with E-state index in [0.717, 1.165) is 29.0 Å². The minimum absolute atomic E-state index is 0.103. The Morgan fingerprint density at radius 1 is 1.08 bits per heavy atom. The van der Waals surface area contributed by atoms with Crippen LogP contribution in [0.15, 0.2) is 35.2 Å². The number of carbonyl (C=O) groups is 1. The van der Waals surface area contributed by atoms with Crippen LogP contribution in [0, 0.1) is 13.8 Å². The summed E-state index contributed by atoms with van der Waals surface area (Å²) < 4.78 is 48.1. The lowest BCUT2D eigenvalue weighted by Gasteiger charge is -2.36. The van der Waals surface area contributed by atoms with E-state index in [1.165, 1.54) is 11.1 Å². The first kappa shape index (κ1) is 29.2. The summed E-state index contributed by atoms with van der Waals surface area (Å²) in [4.78, 5) is 16.8. The monoisotopic (exact) mass is 560 g/mol. The number of rotatable bonds is 7. The van der Waals surface area contributed by atoms with Crippen molar-refractivity contribution in [2.75, 3.05) is 51.4 Å². The number of carbonyl (C=O) groups excluding carboxylic acids is 1. The molecule has 0 radical (unpaired) electrons. The molecule has 1 amide bonds. The molecule has 0 N–H and O–H groups in total. The molecule has 10 heteroatoms. The molecule has 2 aromatic carbocycles. The van der Waals surface area contributed by atoms with Crippen LogP contribution in [-0.4, -0.2) is 77.6 Å². The highest BCUT2D eigenvalue weighted by Crippen LogP contribution is 2.40. The van der Waals surface area contributed by atoms with Gasteiger partial charge in [0.05, 0.1) is 29.8 Å². The molecule has 0 fully saturated rings. The van der Waals surface area contributed by atoms with Gasteiger partial charge in [0.1, 0.15) is 18.0 Å². The molecule has 0 aliphatic carbocycles. The molecule has 2 aliphatic heterocycles. The summed E-state index contributed by atoms with van der Waals surface area (Å²) >= 11 is 0. The smallest absolute Gasteiger partial charge is 0.410 e. The van der Waals surface area contributed by atoms with Crippen LogP contribution >= 0.6 is 0 Å². The summed E-state index contributed by atoms with van der Waals surface area (Å²) in [6.45, 7) is 12.3. The second kappa shape index (κ2) is 11.7. The van der Waals surface area contributed by atoms with Crippen LogP contribution in [0.25, 0.3) is 0 Å². The highest BCUT2D eigenvalue weighted by molar-refractivity contribution is 7.86. The number of fused-ring (bicyclic) bond motifs is 2. The SMILES string of the molecule is CO[C@H](COS(=O)(=O)c1ccc(C)cc1)CN1CCOc2cc3c(c(C)c21)CCN(C(=O)OC(C)(C)C)CC3. The predicted octanol–water partition coefficient (Wildman–Crippen LogP) is 4.26. The van der Waals surface area contributed by atoms with E-state index in [4.69, 9.17) is 18.4 Å². The first-order valence-electron chi connectivity index (χ1n) is 13.4. The quantitative estimate of drug-likeness (QED) is 0.464. The molecule has 0 saturated carbocycles. The van der Waals surface area contributed by atoms with Crippen LogP contribution in [0.5, 0.6) is 5.75 Å². The van der Waals surface area contributed by atoms with Crippen LogP contribution in [0.3, 0.4) is 0 Å². The lowest BCUT2D eigenvalue weighted by molar-refractivity contribution is 0.0258. The first-order valence-corrected chi connectivity index (χ1v) is 14.8. The minimum Gasteiger partial charge on any atom is -0.490 e. The van der Waals surface area contributed by atoms with E-state index in [2.05, 4.69) is 17.9 Å². The Labute approximate surface area is 232 Å². The number of anilines is 1. The topological polar surface area (TPSA) is 94.6 Å². The predicted molar refractivity (Wildman–Crippen MR) is 149 cm³/mol. The van der Waals surface area contributed by atoms with Crippen molar-refractivity contribution in [1.82, 2.24) is 4.90 Å². The van der Waals surface area contributed by atoms with Gasteiger partial charge in [0, 0.05) is 26.7 Å². The summed E-state index contributed by atoms with van der Waals surface area (Å²) in [5.41, 5.74) is 4.91. The summed E-state index contributed by atoms with van der Waals surface area (Å²) in [6.07, 6.45) is 0.668. The number of benzene rings is 2. The molecular formula is C29H40N2O7S. The maximum absolute atomic E-state index is 12.7. The van der Waals surface area contributed by atoms with Crippen LogP contribution in [0.2, 0.25) is 0 Å². The molecule has 0 spiro atoms. The van der Waals surface area contributed by atoms with E-state index >= 15 is 0 Å². The molecule has 4 rings (SSSR count). The Balaban J connectivity index is 1.48. The molecule has 1 atom stereocenters. The zero-order chi connectivity index (χ0) is 28.4. The van der Waals surface area contributed by atoms with Gasteiger partial charge in [-0.15, -0.1) is 0 Å². The van der Waals surface area contributed by atoms with Gasteiger partial charge in [-0.05, 0) is 82.3 Å². The number of methoxy groups -OCH3 is 1. The van der Waals surface area contributed by atoms with Crippen molar-refractivity contribution in [2.45, 2.75) is 64.1 Å². The van der Waals surface area contributed by atoms with Crippen molar-refractivity contribution < 1.29 is 31.6 Å². The van der Waals surface area contributed by atoms with E-state index < -0.39 is 21.8 Å². The van der Waals surface area contributed by atoms with Gasteiger partial charge in [0.25, 0.3) is 10.1 Å². The number of hydrogen-bond acceptors (Lipinski definition) is 8. The largest absolute Gasteiger partial charge is 0.490 e. The lowest BCUT2D eigenvalue weighted by atomic mass is 9.94. The van der Waals surface area contributed by atoms with Gasteiger partial charge in [-0.2, -0.15) is 8.42 Å². The number of hydrogen-bond donors (Lipinski definition) is 0. The number of nitrogens with zero attached hydrogens (tertiary/aromatic N) is 2. The molecular weight excluding hydrogens is 520 g/mol. The van der Waals surface area contributed by atoms with Crippen LogP contribution in [-0.2, 0) is 36.6 Å². The summed E-state index contributed by atoms with van der Waals surface area (Å²) in [7, 11) is -2.34. The number of amides is 1. The van der Waals surface area contributed by atoms with Crippen molar-refractivity contribution >= 4 is 21.9 Å². The Bertz CT molecular complexity index is 1290. The van der Waals surface area contributed by atoms with E-state index in [1.54, 1.807) is 36.3 Å². The second-order valence-electron chi connectivity index (χ2n) is 11.2. The summed E-state index contributed by atoms with van der Waals surface area (Å²) in [5, 5.41) is 0. The van der Waals surface area contributed by atoms with Gasteiger partial charge < -0.3 is 24.0 Å². The van der Waals surface area contributed by atoms with Gasteiger partial charge >= 0.3 is 6.09 Å². The first-order chi connectivity index (χ1) is 18.4. The fourth-order valence-electron chi connectivity index (χ4n) is 5.02. The van der Waals surface area contributed by atoms with Crippen LogP contribution in [0.1, 0.15) is 43.0 Å². The minimum atomic E-state index is -3.90. The van der Waals surface area contributed by atoms with Gasteiger partial charge in [-0.25, -0.2) is 4.79 Å². The maximum atomic E-state index is 12.7. The average Bonchev–Trinajstić information content (AvgIpc) is 3.09. The zero-order valence-electron chi connectivity index (χ0n) is 23.8. The summed E-state index contributed by atoms with van der Waals surface area (Å²) in [5.74, 6) is 0.797. The van der Waals surface area contributed by atoms with Crippen LogP contribution < -0.4 is 9.64 Å². The van der Waals surface area contributed by atoms with Gasteiger partial charge in [-0.1, -0.05) is 17.7 Å². The summed E-state index contributed by atoms with van der Waals surface area (Å²) in [6, 6.07) is 8.66. The Hall–Kier alpha value is -2.82. The zero-order valence-corrected chi connectivity index (χ0v) is 24.6. The van der Waals surface area contributed by atoms with E-state index in [1.807, 2.05) is 27.7 Å². The molecule has 2 aliphatic rings. The molecule has 0 saturated heterocycles. The molecule has 214 valence electrons. The normalized spacial score (nSPS) is 16.6. The molecule has 0 bridgehead atoms. The maximum Gasteiger partial charge on any atom is 0.410 e. The highest BCUT2D eigenvalue weighted by Gasteiger charge is 2.30. The van der Waals surface area contributed by atoms with E-state index in [9.17, 15) is 13.2 Å². The van der Waals surface area contributed by atoms with Crippen molar-refractivity contribution in [3.63, 3.8) is 0 Å². The number of ether oxygens (including phenoxy) is 3. The number of aryl methyl sites for hydroxylation is 1. The van der Waals surface area contributed by atoms with Crippen molar-refractivity contribution in [3.05, 3.63) is 52.6 Å². The third kappa shape index (κ3) is 7.04. The third-order valence-corrected chi connectivity index (χ3v) is 8.38. The van der Waals surface area contributed by atoms with E-state index in [0.29, 0.717) is 39.2 Å². The molecule has 2 aromatic rings. The van der Waals surface area contributed by atoms with Crippen LogP contribution in [0.4, 0.5) is 10.5 Å². The van der Waals surface area contributed by atoms with Gasteiger partial charge in [-0.3, -0.25) is 4.18 Å². The molecule has 0 aromatic heterocycles. The standard InChI is InChI=1S/C29H40N2O7S/c1-20-7-9-24(10-8-20)39(33,34)37-19-23(35-6)18-31-15-16-36-26-17-22-11-13-30(28(32)38-29(3,4)5)14-12-25(22)21(2)27(26)31/h7-10,17,23H,11-16,18-19H2,1-6H3/t23-/m0/s1. The van der Waals surface area contributed by atoms with Crippen molar-refractivity contribution in [3.8, 4) is 5.75 Å². The average molecular weight is 561 g/mol. The molecule has 39 heavy (non-hydrogen) atoms. The lowest BCUT2D eigenvalue weighted by Crippen LogP contribution is -2.41. The Kier molecular flexibility index (Phi) is 8.78. The van der Waals surface area contributed by atoms with Gasteiger partial charge in [0.15, 0.2) is 0 Å². The fourth-order valence-corrected chi connectivity index (χ4v) is 5.96. The van der Waals surface area contributed by atoms with Crippen molar-refractivity contribution in [1.29, 1.82) is 0 Å². The fraction of sp³-hybridized carbons (Fsp3) is 0.552. The second-order valence-corrected chi connectivity index (χ2v) is 12.8. The molecule has 2 heterocycles. The molecule has 0 unspecified atom stereocenters. The van der Waals surface area contributed by atoms with E-state index in [-0.39, 0.29) is 17.6 Å². The highest BCUT2D eigenvalue weighted by atomic mass is 32.2. The Morgan fingerprint density at radius 3 is 2.44 bits per heavy atom. The molecule has 9 nitrogen and oxygen atoms in total. The van der Waals surface area contributed by atoms with Crippen molar-refractivity contribution in [2.24, 2.45) is 0 Å².